The van der Waals surface area contributed by atoms with Gasteiger partial charge in [0.05, 0.1) is 25.1 Å². The smallest absolute Gasteiger partial charge is 0.346 e. The van der Waals surface area contributed by atoms with E-state index in [-0.39, 0.29) is 6.10 Å². The monoisotopic (exact) mass is 384 g/mol. The molecule has 1 aromatic heterocycles. The molecule has 2 aliphatic rings. The summed E-state index contributed by atoms with van der Waals surface area (Å²) in [5.41, 5.74) is 0.0296. The van der Waals surface area contributed by atoms with Crippen molar-refractivity contribution in [2.24, 2.45) is 0 Å². The molecule has 7 heteroatoms. The van der Waals surface area contributed by atoms with Gasteiger partial charge in [0.15, 0.2) is 17.2 Å². The van der Waals surface area contributed by atoms with E-state index in [9.17, 15) is 4.79 Å². The topological polar surface area (TPSA) is 86.4 Å². The van der Waals surface area contributed by atoms with Crippen LogP contribution < -0.4 is 9.47 Å². The summed E-state index contributed by atoms with van der Waals surface area (Å²) in [6.45, 7) is 4.83. The summed E-state index contributed by atoms with van der Waals surface area (Å²) in [7, 11) is 0. The predicted molar refractivity (Wildman–Crippen MR) is 101 cm³/mol. The Morgan fingerprint density at radius 1 is 1.18 bits per heavy atom. The normalized spacial score (nSPS) is 25.2. The van der Waals surface area contributed by atoms with Crippen LogP contribution >= 0.6 is 0 Å². The second-order valence-electron chi connectivity index (χ2n) is 7.34. The molecule has 28 heavy (non-hydrogen) atoms. The third kappa shape index (κ3) is 4.48. The first-order valence-electron chi connectivity index (χ1n) is 9.64. The molecule has 0 aliphatic carbocycles. The van der Waals surface area contributed by atoms with Crippen LogP contribution in [0.25, 0.3) is 11.4 Å². The van der Waals surface area contributed by atoms with Gasteiger partial charge in [-0.3, -0.25) is 0 Å². The van der Waals surface area contributed by atoms with E-state index in [0.717, 1.165) is 17.7 Å². The zero-order valence-electron chi connectivity index (χ0n) is 16.1. The fourth-order valence-electron chi connectivity index (χ4n) is 2.82. The minimum Gasteiger partial charge on any atom is -0.491 e. The van der Waals surface area contributed by atoms with E-state index < -0.39 is 11.6 Å². The molecule has 0 radical (unpaired) electrons. The van der Waals surface area contributed by atoms with Crippen molar-refractivity contribution in [1.82, 2.24) is 9.97 Å². The van der Waals surface area contributed by atoms with Gasteiger partial charge in [0, 0.05) is 5.56 Å². The van der Waals surface area contributed by atoms with Crippen molar-refractivity contribution in [2.45, 2.75) is 50.9 Å². The van der Waals surface area contributed by atoms with E-state index in [1.807, 2.05) is 24.3 Å². The zero-order valence-corrected chi connectivity index (χ0v) is 16.1. The Morgan fingerprint density at radius 2 is 1.89 bits per heavy atom. The number of unbranched alkanes of at least 4 members (excludes halogenated alkanes) is 1. The number of epoxide rings is 2. The number of ether oxygens (including phenoxy) is 4. The number of nitrogens with zero attached hydrogens (tertiary/aromatic N) is 2. The lowest BCUT2D eigenvalue weighted by molar-refractivity contribution is -0.139. The fraction of sp³-hybridized carbons (Fsp3) is 0.476. The molecule has 2 aliphatic heterocycles. The van der Waals surface area contributed by atoms with Crippen LogP contribution in [0.5, 0.6) is 11.5 Å². The Labute approximate surface area is 164 Å². The van der Waals surface area contributed by atoms with Gasteiger partial charge in [-0.1, -0.05) is 19.8 Å². The quantitative estimate of drug-likeness (QED) is 0.485. The molecular formula is C21H24N2O5. The SMILES string of the molecule is CCCC[C@@H]1O[C@H]1COc1ccc(-c2ncc(OC(=O)[C@@]3(C)CO3)cn2)cc1. The standard InChI is InChI=1S/C21H24N2O5/c1-3-4-5-17-18(28-17)12-25-15-8-6-14(7-9-15)19-22-10-16(11-23-19)27-20(24)21(2)13-26-21/h6-11,17-18H,3-5,12-13H2,1-2H3/t17-,18-,21+/m0/s1. The molecule has 3 atom stereocenters. The van der Waals surface area contributed by atoms with Gasteiger partial charge < -0.3 is 18.9 Å². The number of aromatic nitrogens is 2. The minimum absolute atomic E-state index is 0.216. The lowest BCUT2D eigenvalue weighted by atomic mass is 10.1. The molecule has 2 aromatic rings. The van der Waals surface area contributed by atoms with Crippen LogP contribution in [0.15, 0.2) is 36.7 Å². The average Bonchev–Trinajstić information content (AvgIpc) is 3.64. The molecule has 3 heterocycles. The highest BCUT2D eigenvalue weighted by Crippen LogP contribution is 2.29. The third-order valence-corrected chi connectivity index (χ3v) is 4.90. The first-order valence-corrected chi connectivity index (χ1v) is 9.64. The molecule has 1 aromatic carbocycles. The second-order valence-corrected chi connectivity index (χ2v) is 7.34. The van der Waals surface area contributed by atoms with E-state index in [1.165, 1.54) is 25.2 Å². The van der Waals surface area contributed by atoms with Gasteiger partial charge in [-0.2, -0.15) is 0 Å². The maximum absolute atomic E-state index is 11.8. The van der Waals surface area contributed by atoms with Crippen molar-refractivity contribution in [3.63, 3.8) is 0 Å². The number of carbonyl (C=O) groups excluding carboxylic acids is 1. The Kier molecular flexibility index (Phi) is 5.28. The number of hydrogen-bond acceptors (Lipinski definition) is 7. The first kappa shape index (κ1) is 18.8. The van der Waals surface area contributed by atoms with Gasteiger partial charge in [0.25, 0.3) is 0 Å². The van der Waals surface area contributed by atoms with Crippen LogP contribution in [0.1, 0.15) is 33.1 Å². The molecule has 0 bridgehead atoms. The van der Waals surface area contributed by atoms with Gasteiger partial charge in [-0.05, 0) is 37.6 Å². The Morgan fingerprint density at radius 3 is 2.54 bits per heavy atom. The van der Waals surface area contributed by atoms with Gasteiger partial charge >= 0.3 is 5.97 Å². The molecule has 2 saturated heterocycles. The number of hydrogen-bond donors (Lipinski definition) is 0. The van der Waals surface area contributed by atoms with Crippen LogP contribution in [-0.2, 0) is 14.3 Å². The molecule has 0 saturated carbocycles. The van der Waals surface area contributed by atoms with Crippen molar-refractivity contribution in [3.8, 4) is 22.9 Å². The summed E-state index contributed by atoms with van der Waals surface area (Å²) in [5.74, 6) is 1.21. The molecular weight excluding hydrogens is 360 g/mol. The molecule has 0 amide bonds. The lowest BCUT2D eigenvalue weighted by Gasteiger charge is -2.07. The van der Waals surface area contributed by atoms with Crippen LogP contribution in [0.4, 0.5) is 0 Å². The Bertz CT molecular complexity index is 818. The largest absolute Gasteiger partial charge is 0.491 e. The highest BCUT2D eigenvalue weighted by Gasteiger charge is 2.49. The molecule has 7 nitrogen and oxygen atoms in total. The number of esters is 1. The lowest BCUT2D eigenvalue weighted by Crippen LogP contribution is -2.26. The van der Waals surface area contributed by atoms with Crippen LogP contribution in [-0.4, -0.2) is 47.0 Å². The van der Waals surface area contributed by atoms with E-state index in [4.69, 9.17) is 18.9 Å². The van der Waals surface area contributed by atoms with Crippen molar-refractivity contribution in [1.29, 1.82) is 0 Å². The van der Waals surface area contributed by atoms with E-state index in [0.29, 0.717) is 30.9 Å². The Balaban J connectivity index is 1.28. The molecule has 148 valence electrons. The van der Waals surface area contributed by atoms with Gasteiger partial charge in [0.1, 0.15) is 18.5 Å². The summed E-state index contributed by atoms with van der Waals surface area (Å²) < 4.78 is 21.7. The number of carbonyl (C=O) groups is 1. The summed E-state index contributed by atoms with van der Waals surface area (Å²) in [6, 6.07) is 7.58. The van der Waals surface area contributed by atoms with Crippen molar-refractivity contribution >= 4 is 5.97 Å². The molecule has 0 N–H and O–H groups in total. The molecule has 0 spiro atoms. The number of benzene rings is 1. The van der Waals surface area contributed by atoms with Crippen LogP contribution in [0.3, 0.4) is 0 Å². The van der Waals surface area contributed by atoms with Crippen molar-refractivity contribution in [2.75, 3.05) is 13.2 Å². The highest BCUT2D eigenvalue weighted by molar-refractivity contribution is 5.83. The van der Waals surface area contributed by atoms with Gasteiger partial charge in [0.2, 0.25) is 0 Å². The van der Waals surface area contributed by atoms with Crippen molar-refractivity contribution in [3.05, 3.63) is 36.7 Å². The second kappa shape index (κ2) is 7.85. The molecule has 0 unspecified atom stereocenters. The summed E-state index contributed by atoms with van der Waals surface area (Å²) in [6.07, 6.45) is 7.03. The average molecular weight is 384 g/mol. The predicted octanol–water partition coefficient (Wildman–Crippen LogP) is 3.17. The molecule has 2 fully saturated rings. The van der Waals surface area contributed by atoms with Gasteiger partial charge in [-0.15, -0.1) is 0 Å². The zero-order chi connectivity index (χ0) is 19.6. The summed E-state index contributed by atoms with van der Waals surface area (Å²) in [5, 5.41) is 0. The fourth-order valence-corrected chi connectivity index (χ4v) is 2.82. The minimum atomic E-state index is -0.823. The van der Waals surface area contributed by atoms with E-state index >= 15 is 0 Å². The summed E-state index contributed by atoms with van der Waals surface area (Å²) >= 11 is 0. The third-order valence-electron chi connectivity index (χ3n) is 4.90. The Hall–Kier alpha value is -2.51. The maximum atomic E-state index is 11.8. The van der Waals surface area contributed by atoms with Crippen LogP contribution in [0, 0.1) is 0 Å². The number of rotatable bonds is 9. The van der Waals surface area contributed by atoms with Crippen molar-refractivity contribution < 1.29 is 23.7 Å². The highest BCUT2D eigenvalue weighted by atomic mass is 16.6. The van der Waals surface area contributed by atoms with E-state index in [1.54, 1.807) is 6.92 Å². The van der Waals surface area contributed by atoms with E-state index in [2.05, 4.69) is 16.9 Å². The first-order chi connectivity index (χ1) is 13.6. The van der Waals surface area contributed by atoms with Gasteiger partial charge in [-0.25, -0.2) is 14.8 Å². The molecule has 4 rings (SSSR count). The summed E-state index contributed by atoms with van der Waals surface area (Å²) in [4.78, 5) is 20.4. The maximum Gasteiger partial charge on any atom is 0.346 e. The van der Waals surface area contributed by atoms with Crippen LogP contribution in [0.2, 0.25) is 0 Å².